The third-order valence-corrected chi connectivity index (χ3v) is 3.08. The molecule has 0 radical (unpaired) electrons. The van der Waals surface area contributed by atoms with Crippen molar-refractivity contribution in [3.63, 3.8) is 0 Å². The summed E-state index contributed by atoms with van der Waals surface area (Å²) < 4.78 is 6.77. The monoisotopic (exact) mass is 314 g/mol. The molecule has 0 bridgehead atoms. The van der Waals surface area contributed by atoms with Gasteiger partial charge in [-0.05, 0) is 32.0 Å². The van der Waals surface area contributed by atoms with Gasteiger partial charge in [-0.15, -0.1) is 0 Å². The number of aromatic nitrogens is 4. The zero-order valence-corrected chi connectivity index (χ0v) is 12.5. The minimum absolute atomic E-state index is 0.00252. The molecule has 118 valence electrons. The number of rotatable bonds is 4. The lowest BCUT2D eigenvalue weighted by atomic mass is 10.2. The molecule has 8 heteroatoms. The molecule has 0 amide bonds. The lowest BCUT2D eigenvalue weighted by Crippen LogP contribution is -2.14. The van der Waals surface area contributed by atoms with Crippen molar-refractivity contribution in [1.82, 2.24) is 19.7 Å². The average Bonchev–Trinajstić information content (AvgIpc) is 2.97. The molecule has 0 saturated carbocycles. The van der Waals surface area contributed by atoms with Crippen molar-refractivity contribution in [2.45, 2.75) is 20.0 Å². The van der Waals surface area contributed by atoms with E-state index in [1.54, 1.807) is 18.2 Å². The van der Waals surface area contributed by atoms with E-state index >= 15 is 0 Å². The van der Waals surface area contributed by atoms with Crippen LogP contribution < -0.4 is 10.3 Å². The van der Waals surface area contributed by atoms with Crippen LogP contribution in [0.2, 0.25) is 0 Å². The van der Waals surface area contributed by atoms with Gasteiger partial charge in [0.15, 0.2) is 0 Å². The molecule has 0 aliphatic carbocycles. The number of hydrogen-bond donors (Lipinski definition) is 2. The van der Waals surface area contributed by atoms with Crippen molar-refractivity contribution in [2.75, 3.05) is 0 Å². The number of ether oxygens (including phenoxy) is 1. The normalized spacial score (nSPS) is 11.1. The molecule has 2 aromatic heterocycles. The zero-order chi connectivity index (χ0) is 16.6. The summed E-state index contributed by atoms with van der Waals surface area (Å²) >= 11 is 0. The van der Waals surface area contributed by atoms with Gasteiger partial charge in [0, 0.05) is 6.20 Å². The van der Waals surface area contributed by atoms with Crippen molar-refractivity contribution in [1.29, 1.82) is 0 Å². The van der Waals surface area contributed by atoms with E-state index in [9.17, 15) is 9.59 Å². The molecule has 0 atom stereocenters. The van der Waals surface area contributed by atoms with Gasteiger partial charge in [-0.3, -0.25) is 9.78 Å². The Morgan fingerprint density at radius 1 is 1.39 bits per heavy atom. The van der Waals surface area contributed by atoms with E-state index in [4.69, 9.17) is 9.84 Å². The van der Waals surface area contributed by atoms with Crippen LogP contribution in [0.3, 0.4) is 0 Å². The van der Waals surface area contributed by atoms with Crippen molar-refractivity contribution in [2.24, 2.45) is 0 Å². The minimum atomic E-state index is -1.10. The summed E-state index contributed by atoms with van der Waals surface area (Å²) in [5.41, 5.74) is 0.118. The van der Waals surface area contributed by atoms with Crippen LogP contribution in [0, 0.1) is 0 Å². The second-order valence-electron chi connectivity index (χ2n) is 5.21. The highest BCUT2D eigenvalue weighted by atomic mass is 16.5. The fourth-order valence-corrected chi connectivity index (χ4v) is 2.11. The van der Waals surface area contributed by atoms with Gasteiger partial charge in [0.05, 0.1) is 28.8 Å². The van der Waals surface area contributed by atoms with Gasteiger partial charge < -0.3 is 9.84 Å². The Morgan fingerprint density at radius 2 is 2.17 bits per heavy atom. The van der Waals surface area contributed by atoms with Crippen LogP contribution in [0.15, 0.2) is 35.4 Å². The molecule has 0 unspecified atom stereocenters. The van der Waals surface area contributed by atoms with Gasteiger partial charge in [0.25, 0.3) is 5.56 Å². The topological polar surface area (TPSA) is 110 Å². The maximum atomic E-state index is 12.2. The second-order valence-corrected chi connectivity index (χ2v) is 5.21. The minimum Gasteiger partial charge on any atom is -0.491 e. The summed E-state index contributed by atoms with van der Waals surface area (Å²) in [7, 11) is 0. The zero-order valence-electron chi connectivity index (χ0n) is 12.5. The predicted molar refractivity (Wildman–Crippen MR) is 82.2 cm³/mol. The molecule has 0 aliphatic rings. The maximum Gasteiger partial charge on any atom is 0.338 e. The van der Waals surface area contributed by atoms with Gasteiger partial charge in [-0.1, -0.05) is 0 Å². The SMILES string of the molecule is CC(C)Oc1ccc2nc(-n3cc(C(=O)O)cn3)[nH]c(=O)c2c1. The highest BCUT2D eigenvalue weighted by molar-refractivity contribution is 5.87. The van der Waals surface area contributed by atoms with Crippen molar-refractivity contribution < 1.29 is 14.6 Å². The van der Waals surface area contributed by atoms with Crippen LogP contribution in [-0.4, -0.2) is 36.9 Å². The third kappa shape index (κ3) is 2.91. The summed E-state index contributed by atoms with van der Waals surface area (Å²) in [6, 6.07) is 5.02. The number of nitrogens with zero attached hydrogens (tertiary/aromatic N) is 3. The van der Waals surface area contributed by atoms with Crippen molar-refractivity contribution >= 4 is 16.9 Å². The van der Waals surface area contributed by atoms with E-state index in [1.807, 2.05) is 13.8 Å². The number of aromatic carboxylic acids is 1. The highest BCUT2D eigenvalue weighted by Crippen LogP contribution is 2.18. The van der Waals surface area contributed by atoms with Crippen LogP contribution in [-0.2, 0) is 0 Å². The van der Waals surface area contributed by atoms with Gasteiger partial charge in [-0.25, -0.2) is 14.5 Å². The van der Waals surface area contributed by atoms with E-state index in [0.717, 1.165) is 0 Å². The molecular weight excluding hydrogens is 300 g/mol. The molecule has 2 N–H and O–H groups in total. The third-order valence-electron chi connectivity index (χ3n) is 3.08. The smallest absolute Gasteiger partial charge is 0.338 e. The van der Waals surface area contributed by atoms with Crippen molar-refractivity contribution in [3.05, 3.63) is 46.5 Å². The number of benzene rings is 1. The first kappa shape index (κ1) is 14.8. The lowest BCUT2D eigenvalue weighted by molar-refractivity contribution is 0.0697. The number of aromatic amines is 1. The van der Waals surface area contributed by atoms with E-state index in [2.05, 4.69) is 15.1 Å². The number of carbonyl (C=O) groups is 1. The first-order valence-corrected chi connectivity index (χ1v) is 6.93. The summed E-state index contributed by atoms with van der Waals surface area (Å²) in [5, 5.41) is 13.2. The Balaban J connectivity index is 2.07. The molecule has 1 aromatic carbocycles. The number of carboxylic acid groups (broad SMARTS) is 1. The van der Waals surface area contributed by atoms with E-state index in [0.29, 0.717) is 16.7 Å². The first-order valence-electron chi connectivity index (χ1n) is 6.93. The molecule has 3 aromatic rings. The quantitative estimate of drug-likeness (QED) is 0.756. The Labute approximate surface area is 130 Å². The first-order chi connectivity index (χ1) is 10.9. The summed E-state index contributed by atoms with van der Waals surface area (Å²) in [6.07, 6.45) is 2.46. The summed E-state index contributed by atoms with van der Waals surface area (Å²) in [6.45, 7) is 3.79. The van der Waals surface area contributed by atoms with Crippen LogP contribution in [0.5, 0.6) is 5.75 Å². The highest BCUT2D eigenvalue weighted by Gasteiger charge is 2.11. The fourth-order valence-electron chi connectivity index (χ4n) is 2.11. The predicted octanol–water partition coefficient (Wildman–Crippen LogP) is 1.59. The van der Waals surface area contributed by atoms with Gasteiger partial charge in [0.1, 0.15) is 5.75 Å². The Hall–Kier alpha value is -3.16. The molecule has 23 heavy (non-hydrogen) atoms. The standard InChI is InChI=1S/C15H14N4O4/c1-8(2)23-10-3-4-12-11(5-10)13(20)18-15(17-12)19-7-9(6-16-19)14(21)22/h3-8H,1-2H3,(H,21,22)(H,17,18,20). The number of fused-ring (bicyclic) bond motifs is 1. The number of carboxylic acids is 1. The van der Waals surface area contributed by atoms with E-state index < -0.39 is 5.97 Å². The van der Waals surface area contributed by atoms with E-state index in [1.165, 1.54) is 17.1 Å². The molecule has 0 saturated heterocycles. The molecule has 2 heterocycles. The molecule has 3 rings (SSSR count). The Morgan fingerprint density at radius 3 is 2.83 bits per heavy atom. The Kier molecular flexibility index (Phi) is 3.57. The molecule has 0 spiro atoms. The number of hydrogen-bond acceptors (Lipinski definition) is 5. The average molecular weight is 314 g/mol. The summed E-state index contributed by atoms with van der Waals surface area (Å²) in [5.74, 6) is -0.373. The molecular formula is C15H14N4O4. The van der Waals surface area contributed by atoms with Crippen LogP contribution >= 0.6 is 0 Å². The summed E-state index contributed by atoms with van der Waals surface area (Å²) in [4.78, 5) is 30.0. The maximum absolute atomic E-state index is 12.2. The number of nitrogens with one attached hydrogen (secondary N) is 1. The van der Waals surface area contributed by atoms with E-state index in [-0.39, 0.29) is 23.2 Å². The van der Waals surface area contributed by atoms with Gasteiger partial charge in [-0.2, -0.15) is 5.10 Å². The molecule has 0 aliphatic heterocycles. The molecule has 0 fully saturated rings. The Bertz CT molecular complexity index is 942. The fraction of sp³-hybridized carbons (Fsp3) is 0.200. The largest absolute Gasteiger partial charge is 0.491 e. The molecule has 8 nitrogen and oxygen atoms in total. The van der Waals surface area contributed by atoms with Crippen molar-refractivity contribution in [3.8, 4) is 11.7 Å². The van der Waals surface area contributed by atoms with Crippen LogP contribution in [0.1, 0.15) is 24.2 Å². The van der Waals surface area contributed by atoms with Crippen LogP contribution in [0.4, 0.5) is 0 Å². The lowest BCUT2D eigenvalue weighted by Gasteiger charge is -2.10. The van der Waals surface area contributed by atoms with Gasteiger partial charge >= 0.3 is 5.97 Å². The second kappa shape index (κ2) is 5.56. The van der Waals surface area contributed by atoms with Crippen LogP contribution in [0.25, 0.3) is 16.9 Å². The van der Waals surface area contributed by atoms with Gasteiger partial charge in [0.2, 0.25) is 5.95 Å². The number of H-pyrrole nitrogens is 1.